The second kappa shape index (κ2) is 6.43. The Morgan fingerprint density at radius 3 is 3.14 bits per heavy atom. The van der Waals surface area contributed by atoms with E-state index < -0.39 is 0 Å². The van der Waals surface area contributed by atoms with Crippen LogP contribution in [0.4, 0.5) is 0 Å². The van der Waals surface area contributed by atoms with Crippen LogP contribution in [-0.2, 0) is 11.3 Å². The monoisotopic (exact) mass is 291 g/mol. The van der Waals surface area contributed by atoms with Gasteiger partial charge in [-0.2, -0.15) is 0 Å². The molecule has 3 heterocycles. The Kier molecular flexibility index (Phi) is 4.38. The molecule has 6 nitrogen and oxygen atoms in total. The van der Waals surface area contributed by atoms with E-state index in [9.17, 15) is 0 Å². The van der Waals surface area contributed by atoms with Crippen LogP contribution in [0.25, 0.3) is 11.7 Å². The van der Waals surface area contributed by atoms with Gasteiger partial charge in [-0.3, -0.25) is 0 Å². The van der Waals surface area contributed by atoms with Crippen molar-refractivity contribution < 1.29 is 13.6 Å². The molecule has 114 valence electrons. The number of aromatic nitrogens is 1. The van der Waals surface area contributed by atoms with Crippen molar-refractivity contribution in [1.29, 1.82) is 0 Å². The first kappa shape index (κ1) is 14.3. The molecule has 2 aromatic rings. The Morgan fingerprint density at radius 1 is 1.48 bits per heavy atom. The van der Waals surface area contributed by atoms with Crippen LogP contribution in [0.3, 0.4) is 0 Å². The SMILES string of the molecule is Cc1oc(-c2ccco2)nc1CNC[C@H]1CN(C)CCO1. The molecule has 0 radical (unpaired) electrons. The summed E-state index contributed by atoms with van der Waals surface area (Å²) in [5, 5.41) is 3.39. The van der Waals surface area contributed by atoms with Crippen LogP contribution in [0.2, 0.25) is 0 Å². The van der Waals surface area contributed by atoms with Gasteiger partial charge in [0.2, 0.25) is 0 Å². The lowest BCUT2D eigenvalue weighted by atomic mass is 10.2. The third-order valence-electron chi connectivity index (χ3n) is 3.63. The van der Waals surface area contributed by atoms with Crippen molar-refractivity contribution in [3.63, 3.8) is 0 Å². The summed E-state index contributed by atoms with van der Waals surface area (Å²) in [7, 11) is 2.12. The Morgan fingerprint density at radius 2 is 2.38 bits per heavy atom. The minimum atomic E-state index is 0.237. The van der Waals surface area contributed by atoms with Crippen LogP contribution in [-0.4, -0.2) is 49.3 Å². The number of aryl methyl sites for hydroxylation is 1. The number of rotatable bonds is 5. The van der Waals surface area contributed by atoms with Gasteiger partial charge in [-0.15, -0.1) is 0 Å². The van der Waals surface area contributed by atoms with Crippen LogP contribution in [0.5, 0.6) is 0 Å². The number of nitrogens with zero attached hydrogens (tertiary/aromatic N) is 2. The minimum Gasteiger partial charge on any atom is -0.459 e. The third kappa shape index (κ3) is 3.53. The lowest BCUT2D eigenvalue weighted by Crippen LogP contribution is -2.44. The van der Waals surface area contributed by atoms with Crippen LogP contribution in [0.1, 0.15) is 11.5 Å². The van der Waals surface area contributed by atoms with E-state index in [2.05, 4.69) is 22.2 Å². The highest BCUT2D eigenvalue weighted by atomic mass is 16.5. The lowest BCUT2D eigenvalue weighted by molar-refractivity contribution is -0.0182. The predicted octanol–water partition coefficient (Wildman–Crippen LogP) is 1.66. The summed E-state index contributed by atoms with van der Waals surface area (Å²) >= 11 is 0. The Balaban J connectivity index is 1.53. The van der Waals surface area contributed by atoms with Gasteiger partial charge >= 0.3 is 0 Å². The molecule has 1 saturated heterocycles. The molecule has 3 rings (SSSR count). The second-order valence-electron chi connectivity index (χ2n) is 5.39. The Hall–Kier alpha value is -1.63. The first-order chi connectivity index (χ1) is 10.2. The van der Waals surface area contributed by atoms with Gasteiger partial charge in [0.1, 0.15) is 5.76 Å². The van der Waals surface area contributed by atoms with Gasteiger partial charge in [0.25, 0.3) is 5.89 Å². The van der Waals surface area contributed by atoms with E-state index >= 15 is 0 Å². The average Bonchev–Trinajstić information content (AvgIpc) is 3.09. The van der Waals surface area contributed by atoms with Crippen molar-refractivity contribution in [3.8, 4) is 11.7 Å². The highest BCUT2D eigenvalue weighted by molar-refractivity contribution is 5.44. The van der Waals surface area contributed by atoms with E-state index in [1.54, 1.807) is 6.26 Å². The van der Waals surface area contributed by atoms with Gasteiger partial charge in [0.15, 0.2) is 5.76 Å². The maximum absolute atomic E-state index is 5.72. The summed E-state index contributed by atoms with van der Waals surface area (Å²) in [4.78, 5) is 6.76. The zero-order chi connectivity index (χ0) is 14.7. The molecular weight excluding hydrogens is 270 g/mol. The highest BCUT2D eigenvalue weighted by Crippen LogP contribution is 2.21. The van der Waals surface area contributed by atoms with E-state index in [0.29, 0.717) is 18.2 Å². The molecule has 0 bridgehead atoms. The van der Waals surface area contributed by atoms with Crippen LogP contribution >= 0.6 is 0 Å². The first-order valence-electron chi connectivity index (χ1n) is 7.23. The van der Waals surface area contributed by atoms with Crippen LogP contribution in [0.15, 0.2) is 27.2 Å². The van der Waals surface area contributed by atoms with E-state index in [0.717, 1.165) is 37.7 Å². The lowest BCUT2D eigenvalue weighted by Gasteiger charge is -2.30. The van der Waals surface area contributed by atoms with E-state index in [1.165, 1.54) is 0 Å². The summed E-state index contributed by atoms with van der Waals surface area (Å²) in [6.45, 7) is 6.16. The molecule has 1 aliphatic heterocycles. The van der Waals surface area contributed by atoms with Crippen molar-refractivity contribution in [2.45, 2.75) is 19.6 Å². The Labute approximate surface area is 124 Å². The molecule has 0 spiro atoms. The number of ether oxygens (including phenoxy) is 1. The van der Waals surface area contributed by atoms with Crippen LogP contribution in [0, 0.1) is 6.92 Å². The van der Waals surface area contributed by atoms with Crippen LogP contribution < -0.4 is 5.32 Å². The number of hydrogen-bond acceptors (Lipinski definition) is 6. The quantitative estimate of drug-likeness (QED) is 0.904. The second-order valence-corrected chi connectivity index (χ2v) is 5.39. The third-order valence-corrected chi connectivity index (χ3v) is 3.63. The molecule has 1 aliphatic rings. The van der Waals surface area contributed by atoms with Crippen molar-refractivity contribution in [3.05, 3.63) is 29.9 Å². The maximum Gasteiger partial charge on any atom is 0.263 e. The van der Waals surface area contributed by atoms with Gasteiger partial charge in [-0.05, 0) is 26.1 Å². The fourth-order valence-corrected chi connectivity index (χ4v) is 2.44. The molecule has 2 aromatic heterocycles. The molecule has 0 aliphatic carbocycles. The summed E-state index contributed by atoms with van der Waals surface area (Å²) in [6, 6.07) is 3.66. The standard InChI is InChI=1S/C15H21N3O3/c1-11-13(17-15(21-11)14-4-3-6-20-14)9-16-8-12-10-18(2)5-7-19-12/h3-4,6,12,16H,5,7-10H2,1-2H3/t12-/m0/s1. The van der Waals surface area contributed by atoms with E-state index in [-0.39, 0.29) is 6.10 Å². The normalized spacial score (nSPS) is 20.0. The van der Waals surface area contributed by atoms with Crippen molar-refractivity contribution in [2.24, 2.45) is 0 Å². The topological polar surface area (TPSA) is 63.7 Å². The molecule has 1 atom stereocenters. The average molecular weight is 291 g/mol. The van der Waals surface area contributed by atoms with Crippen molar-refractivity contribution >= 4 is 0 Å². The summed E-state index contributed by atoms with van der Waals surface area (Å²) in [5.74, 6) is 2.00. The molecule has 6 heteroatoms. The summed E-state index contributed by atoms with van der Waals surface area (Å²) in [5.41, 5.74) is 0.908. The van der Waals surface area contributed by atoms with Gasteiger partial charge in [0.05, 0.1) is 24.7 Å². The minimum absolute atomic E-state index is 0.237. The molecule has 0 aromatic carbocycles. The van der Waals surface area contributed by atoms with Gasteiger partial charge in [0, 0.05) is 26.2 Å². The number of furan rings is 1. The van der Waals surface area contributed by atoms with Crippen molar-refractivity contribution in [1.82, 2.24) is 15.2 Å². The number of nitrogens with one attached hydrogen (secondary N) is 1. The number of hydrogen-bond donors (Lipinski definition) is 1. The Bertz CT molecular complexity index is 565. The maximum atomic E-state index is 5.72. The molecule has 21 heavy (non-hydrogen) atoms. The van der Waals surface area contributed by atoms with Crippen molar-refractivity contribution in [2.75, 3.05) is 33.3 Å². The zero-order valence-electron chi connectivity index (χ0n) is 12.5. The molecule has 0 unspecified atom stereocenters. The molecule has 0 amide bonds. The number of likely N-dealkylation sites (N-methyl/N-ethyl adjacent to an activating group) is 1. The van der Waals surface area contributed by atoms with Gasteiger partial charge in [-0.25, -0.2) is 4.98 Å². The number of oxazole rings is 1. The summed E-state index contributed by atoms with van der Waals surface area (Å²) < 4.78 is 16.6. The molecule has 0 saturated carbocycles. The molecule has 1 fully saturated rings. The molecular formula is C15H21N3O3. The first-order valence-corrected chi connectivity index (χ1v) is 7.23. The predicted molar refractivity (Wildman–Crippen MR) is 77.9 cm³/mol. The fourth-order valence-electron chi connectivity index (χ4n) is 2.44. The largest absolute Gasteiger partial charge is 0.459 e. The van der Waals surface area contributed by atoms with E-state index in [1.807, 2.05) is 19.1 Å². The highest BCUT2D eigenvalue weighted by Gasteiger charge is 2.18. The van der Waals surface area contributed by atoms with E-state index in [4.69, 9.17) is 13.6 Å². The van der Waals surface area contributed by atoms with Gasteiger partial charge in [-0.1, -0.05) is 0 Å². The molecule has 1 N–H and O–H groups in total. The smallest absolute Gasteiger partial charge is 0.263 e. The zero-order valence-corrected chi connectivity index (χ0v) is 12.5. The fraction of sp³-hybridized carbons (Fsp3) is 0.533. The van der Waals surface area contributed by atoms with Gasteiger partial charge < -0.3 is 23.8 Å². The number of morpholine rings is 1. The summed E-state index contributed by atoms with van der Waals surface area (Å²) in [6.07, 6.45) is 1.85.